The molecule has 0 saturated heterocycles. The highest BCUT2D eigenvalue weighted by Gasteiger charge is 2.12. The van der Waals surface area contributed by atoms with E-state index in [9.17, 15) is 14.3 Å². The van der Waals surface area contributed by atoms with Crippen LogP contribution in [0, 0.1) is 12.7 Å². The van der Waals surface area contributed by atoms with Crippen molar-refractivity contribution in [1.82, 2.24) is 0 Å². The first-order chi connectivity index (χ1) is 9.47. The molecule has 1 atom stereocenters. The van der Waals surface area contributed by atoms with Crippen LogP contribution >= 0.6 is 0 Å². The van der Waals surface area contributed by atoms with E-state index in [0.717, 1.165) is 11.1 Å². The first kappa shape index (κ1) is 14.2. The summed E-state index contributed by atoms with van der Waals surface area (Å²) in [7, 11) is 0. The van der Waals surface area contributed by atoms with Crippen LogP contribution in [0.5, 0.6) is 0 Å². The molecule has 20 heavy (non-hydrogen) atoms. The number of rotatable bonds is 3. The molecule has 1 amide bonds. The minimum atomic E-state index is -0.561. The number of halogens is 1. The number of amides is 1. The molecule has 0 heterocycles. The van der Waals surface area contributed by atoms with Crippen molar-refractivity contribution in [2.24, 2.45) is 0 Å². The molecule has 0 aliphatic rings. The summed E-state index contributed by atoms with van der Waals surface area (Å²) in [5, 5.41) is 12.0. The number of anilines is 1. The van der Waals surface area contributed by atoms with Crippen molar-refractivity contribution in [3.05, 3.63) is 65.0 Å². The average Bonchev–Trinajstić information content (AvgIpc) is 2.39. The van der Waals surface area contributed by atoms with Gasteiger partial charge < -0.3 is 10.4 Å². The fourth-order valence-corrected chi connectivity index (χ4v) is 1.85. The Hall–Kier alpha value is -2.20. The van der Waals surface area contributed by atoms with Gasteiger partial charge in [0.1, 0.15) is 5.82 Å². The summed E-state index contributed by atoms with van der Waals surface area (Å²) in [6.45, 7) is 3.43. The Balaban J connectivity index is 2.15. The molecule has 3 nitrogen and oxygen atoms in total. The molecule has 2 N–H and O–H groups in total. The van der Waals surface area contributed by atoms with Gasteiger partial charge in [0.2, 0.25) is 0 Å². The van der Waals surface area contributed by atoms with Crippen LogP contribution in [0.25, 0.3) is 0 Å². The van der Waals surface area contributed by atoms with Crippen LogP contribution in [-0.2, 0) is 0 Å². The number of carbonyl (C=O) groups is 1. The molecule has 1 unspecified atom stereocenters. The van der Waals surface area contributed by atoms with Gasteiger partial charge in [-0.3, -0.25) is 4.79 Å². The Morgan fingerprint density at radius 3 is 2.40 bits per heavy atom. The van der Waals surface area contributed by atoms with Gasteiger partial charge in [0.25, 0.3) is 5.91 Å². The van der Waals surface area contributed by atoms with Crippen molar-refractivity contribution in [1.29, 1.82) is 0 Å². The third kappa shape index (κ3) is 3.22. The predicted octanol–water partition coefficient (Wildman–Crippen LogP) is 3.44. The van der Waals surface area contributed by atoms with E-state index in [1.807, 2.05) is 0 Å². The van der Waals surface area contributed by atoms with Crippen LogP contribution in [0.4, 0.5) is 10.1 Å². The molecule has 0 radical (unpaired) electrons. The molecule has 0 aromatic heterocycles. The lowest BCUT2D eigenvalue weighted by molar-refractivity contribution is 0.102. The molecule has 0 aliphatic carbocycles. The second-order valence-corrected chi connectivity index (χ2v) is 4.74. The third-order valence-electron chi connectivity index (χ3n) is 3.02. The van der Waals surface area contributed by atoms with E-state index in [0.29, 0.717) is 5.69 Å². The van der Waals surface area contributed by atoms with Gasteiger partial charge in [-0.15, -0.1) is 0 Å². The fourth-order valence-electron chi connectivity index (χ4n) is 1.85. The van der Waals surface area contributed by atoms with E-state index in [2.05, 4.69) is 5.32 Å². The number of aliphatic hydroxyl groups excluding tert-OH is 1. The predicted molar refractivity (Wildman–Crippen MR) is 76.2 cm³/mol. The van der Waals surface area contributed by atoms with Crippen LogP contribution in [0.1, 0.15) is 34.5 Å². The standard InChI is InChI=1S/C16H16FNO2/c1-10-3-8-14(15(17)9-10)16(20)18-13-6-4-12(5-7-13)11(2)19/h3-9,11,19H,1-2H3,(H,18,20). The molecule has 0 bridgehead atoms. The number of carbonyl (C=O) groups excluding carboxylic acids is 1. The fraction of sp³-hybridized carbons (Fsp3) is 0.188. The van der Waals surface area contributed by atoms with Crippen molar-refractivity contribution in [2.75, 3.05) is 5.32 Å². The smallest absolute Gasteiger partial charge is 0.258 e. The quantitative estimate of drug-likeness (QED) is 0.900. The van der Waals surface area contributed by atoms with Gasteiger partial charge in [-0.1, -0.05) is 18.2 Å². The molecule has 2 aromatic rings. The van der Waals surface area contributed by atoms with Crippen molar-refractivity contribution >= 4 is 11.6 Å². The van der Waals surface area contributed by atoms with E-state index >= 15 is 0 Å². The largest absolute Gasteiger partial charge is 0.389 e. The maximum Gasteiger partial charge on any atom is 0.258 e. The van der Waals surface area contributed by atoms with Gasteiger partial charge in [0, 0.05) is 5.69 Å². The summed E-state index contributed by atoms with van der Waals surface area (Å²) in [6.07, 6.45) is -0.561. The molecule has 0 saturated carbocycles. The summed E-state index contributed by atoms with van der Waals surface area (Å²) in [6, 6.07) is 11.2. The third-order valence-corrected chi connectivity index (χ3v) is 3.02. The second-order valence-electron chi connectivity index (χ2n) is 4.74. The van der Waals surface area contributed by atoms with E-state index in [1.165, 1.54) is 12.1 Å². The summed E-state index contributed by atoms with van der Waals surface area (Å²) in [5.41, 5.74) is 2.08. The van der Waals surface area contributed by atoms with Gasteiger partial charge in [0.05, 0.1) is 11.7 Å². The van der Waals surface area contributed by atoms with Gasteiger partial charge in [-0.05, 0) is 49.2 Å². The molecule has 2 aromatic carbocycles. The zero-order chi connectivity index (χ0) is 14.7. The number of benzene rings is 2. The molecule has 104 valence electrons. The number of aryl methyl sites for hydroxylation is 1. The Morgan fingerprint density at radius 1 is 1.20 bits per heavy atom. The number of aliphatic hydroxyl groups is 1. The Morgan fingerprint density at radius 2 is 1.85 bits per heavy atom. The molecular weight excluding hydrogens is 257 g/mol. The van der Waals surface area contributed by atoms with Crippen LogP contribution in [0.3, 0.4) is 0 Å². The second kappa shape index (κ2) is 5.84. The minimum Gasteiger partial charge on any atom is -0.389 e. The lowest BCUT2D eigenvalue weighted by Gasteiger charge is -2.09. The highest BCUT2D eigenvalue weighted by molar-refractivity contribution is 6.04. The van der Waals surface area contributed by atoms with Crippen molar-refractivity contribution in [3.63, 3.8) is 0 Å². The highest BCUT2D eigenvalue weighted by Crippen LogP contribution is 2.17. The van der Waals surface area contributed by atoms with Gasteiger partial charge in [-0.2, -0.15) is 0 Å². The van der Waals surface area contributed by atoms with E-state index in [4.69, 9.17) is 0 Å². The lowest BCUT2D eigenvalue weighted by Crippen LogP contribution is -2.13. The SMILES string of the molecule is Cc1ccc(C(=O)Nc2ccc(C(C)O)cc2)c(F)c1. The number of hydrogen-bond donors (Lipinski definition) is 2. The maximum absolute atomic E-state index is 13.7. The van der Waals surface area contributed by atoms with E-state index in [-0.39, 0.29) is 5.56 Å². The normalized spacial score (nSPS) is 12.0. The average molecular weight is 273 g/mol. The highest BCUT2D eigenvalue weighted by atomic mass is 19.1. The minimum absolute atomic E-state index is 0.00945. The Labute approximate surface area is 117 Å². The number of nitrogens with one attached hydrogen (secondary N) is 1. The molecule has 0 spiro atoms. The summed E-state index contributed by atoms with van der Waals surface area (Å²) < 4.78 is 13.7. The molecular formula is C16H16FNO2. The monoisotopic (exact) mass is 273 g/mol. The summed E-state index contributed by atoms with van der Waals surface area (Å²) in [4.78, 5) is 12.0. The van der Waals surface area contributed by atoms with Crippen molar-refractivity contribution in [3.8, 4) is 0 Å². The van der Waals surface area contributed by atoms with E-state index in [1.54, 1.807) is 44.2 Å². The van der Waals surface area contributed by atoms with Gasteiger partial charge in [0.15, 0.2) is 0 Å². The first-order valence-corrected chi connectivity index (χ1v) is 6.33. The van der Waals surface area contributed by atoms with Crippen LogP contribution in [-0.4, -0.2) is 11.0 Å². The molecule has 0 aliphatic heterocycles. The van der Waals surface area contributed by atoms with Crippen LogP contribution in [0.15, 0.2) is 42.5 Å². The Bertz CT molecular complexity index is 621. The number of hydrogen-bond acceptors (Lipinski definition) is 2. The molecule has 2 rings (SSSR count). The van der Waals surface area contributed by atoms with Crippen LogP contribution < -0.4 is 5.32 Å². The van der Waals surface area contributed by atoms with Crippen molar-refractivity contribution in [2.45, 2.75) is 20.0 Å². The van der Waals surface area contributed by atoms with E-state index < -0.39 is 17.8 Å². The van der Waals surface area contributed by atoms with Crippen LogP contribution in [0.2, 0.25) is 0 Å². The molecule has 0 fully saturated rings. The zero-order valence-electron chi connectivity index (χ0n) is 11.4. The topological polar surface area (TPSA) is 49.3 Å². The summed E-state index contributed by atoms with van der Waals surface area (Å²) >= 11 is 0. The summed E-state index contributed by atoms with van der Waals surface area (Å²) in [5.74, 6) is -1.03. The van der Waals surface area contributed by atoms with Gasteiger partial charge in [-0.25, -0.2) is 4.39 Å². The zero-order valence-corrected chi connectivity index (χ0v) is 11.4. The maximum atomic E-state index is 13.7. The lowest BCUT2D eigenvalue weighted by atomic mass is 10.1. The van der Waals surface area contributed by atoms with Crippen molar-refractivity contribution < 1.29 is 14.3 Å². The Kier molecular flexibility index (Phi) is 4.15. The van der Waals surface area contributed by atoms with Gasteiger partial charge >= 0.3 is 0 Å². The molecule has 4 heteroatoms. The first-order valence-electron chi connectivity index (χ1n) is 6.33.